The highest BCUT2D eigenvalue weighted by molar-refractivity contribution is 6.30. The summed E-state index contributed by atoms with van der Waals surface area (Å²) in [5, 5.41) is 0.597. The Kier molecular flexibility index (Phi) is 4.65. The highest BCUT2D eigenvalue weighted by atomic mass is 35.5. The Balaban J connectivity index is 1.51. The Hall–Kier alpha value is -1.69. The number of fused-ring (bicyclic) bond motifs is 1. The smallest absolute Gasteiger partial charge is 0.227 e. The van der Waals surface area contributed by atoms with Gasteiger partial charge in [-0.25, -0.2) is 9.97 Å². The van der Waals surface area contributed by atoms with E-state index in [2.05, 4.69) is 39.0 Å². The highest BCUT2D eigenvalue weighted by Crippen LogP contribution is 2.27. The average molecular weight is 345 g/mol. The minimum Gasteiger partial charge on any atom is -0.378 e. The summed E-state index contributed by atoms with van der Waals surface area (Å²) < 4.78 is 5.40. The van der Waals surface area contributed by atoms with Crippen LogP contribution in [-0.4, -0.2) is 47.7 Å². The van der Waals surface area contributed by atoms with Gasteiger partial charge in [0.2, 0.25) is 5.95 Å². The minimum absolute atomic E-state index is 0.597. The molecule has 0 N–H and O–H groups in total. The monoisotopic (exact) mass is 344 g/mol. The summed E-state index contributed by atoms with van der Waals surface area (Å²) in [7, 11) is 0. The summed E-state index contributed by atoms with van der Waals surface area (Å²) in [5.41, 5.74) is 3.50. The van der Waals surface area contributed by atoms with E-state index >= 15 is 0 Å². The van der Waals surface area contributed by atoms with E-state index in [9.17, 15) is 0 Å². The molecule has 3 heterocycles. The molecule has 0 amide bonds. The molecule has 0 spiro atoms. The number of nitrogens with zero attached hydrogens (tertiary/aromatic N) is 4. The van der Waals surface area contributed by atoms with Gasteiger partial charge in [0.1, 0.15) is 5.15 Å². The predicted octanol–water partition coefficient (Wildman–Crippen LogP) is 2.52. The van der Waals surface area contributed by atoms with Crippen LogP contribution in [0.4, 0.5) is 5.95 Å². The van der Waals surface area contributed by atoms with Gasteiger partial charge >= 0.3 is 0 Å². The summed E-state index contributed by atoms with van der Waals surface area (Å²) in [6.07, 6.45) is 0.918. The van der Waals surface area contributed by atoms with E-state index in [-0.39, 0.29) is 0 Å². The SMILES string of the molecule is Clc1nc(N2CCOCC2)nc2c1CN(Cc1ccccc1)CC2. The maximum Gasteiger partial charge on any atom is 0.227 e. The second kappa shape index (κ2) is 7.05. The van der Waals surface area contributed by atoms with Gasteiger partial charge in [-0.1, -0.05) is 41.9 Å². The Labute approximate surface area is 147 Å². The molecule has 24 heavy (non-hydrogen) atoms. The van der Waals surface area contributed by atoms with Crippen LogP contribution in [0.1, 0.15) is 16.8 Å². The Morgan fingerprint density at radius 1 is 1.04 bits per heavy atom. The summed E-state index contributed by atoms with van der Waals surface area (Å²) >= 11 is 6.50. The van der Waals surface area contributed by atoms with Crippen LogP contribution >= 0.6 is 11.6 Å². The number of morpholine rings is 1. The summed E-state index contributed by atoms with van der Waals surface area (Å²) in [5.74, 6) is 0.749. The first-order valence-electron chi connectivity index (χ1n) is 8.44. The standard InChI is InChI=1S/C18H21ClN4O/c19-17-15-13-22(12-14-4-2-1-3-5-14)7-6-16(15)20-18(21-17)23-8-10-24-11-9-23/h1-5H,6-13H2. The van der Waals surface area contributed by atoms with Crippen molar-refractivity contribution >= 4 is 17.5 Å². The van der Waals surface area contributed by atoms with Gasteiger partial charge in [-0.15, -0.1) is 0 Å². The van der Waals surface area contributed by atoms with Crippen molar-refractivity contribution in [1.82, 2.24) is 14.9 Å². The molecule has 5 nitrogen and oxygen atoms in total. The number of hydrogen-bond donors (Lipinski definition) is 0. The molecular formula is C18H21ClN4O. The molecule has 0 bridgehead atoms. The quantitative estimate of drug-likeness (QED) is 0.800. The first kappa shape index (κ1) is 15.8. The maximum atomic E-state index is 6.50. The molecule has 1 fully saturated rings. The Morgan fingerprint density at radius 2 is 1.83 bits per heavy atom. The molecule has 1 saturated heterocycles. The van der Waals surface area contributed by atoms with E-state index in [4.69, 9.17) is 21.3 Å². The summed E-state index contributed by atoms with van der Waals surface area (Å²) in [6, 6.07) is 10.5. The fourth-order valence-corrected chi connectivity index (χ4v) is 3.54. The average Bonchev–Trinajstić information content (AvgIpc) is 2.64. The Bertz CT molecular complexity index is 704. The second-order valence-electron chi connectivity index (χ2n) is 6.29. The molecule has 0 aliphatic carbocycles. The van der Waals surface area contributed by atoms with E-state index in [0.717, 1.165) is 69.6 Å². The highest BCUT2D eigenvalue weighted by Gasteiger charge is 2.24. The number of aromatic nitrogens is 2. The molecule has 126 valence electrons. The van der Waals surface area contributed by atoms with E-state index in [1.54, 1.807) is 0 Å². The zero-order chi connectivity index (χ0) is 16.4. The van der Waals surface area contributed by atoms with Gasteiger partial charge in [-0.2, -0.15) is 0 Å². The lowest BCUT2D eigenvalue weighted by Crippen LogP contribution is -2.38. The number of benzene rings is 1. The molecule has 2 aliphatic rings. The van der Waals surface area contributed by atoms with E-state index in [1.807, 2.05) is 6.07 Å². The van der Waals surface area contributed by atoms with Gasteiger partial charge in [0.05, 0.1) is 18.9 Å². The van der Waals surface area contributed by atoms with Crippen LogP contribution in [0.3, 0.4) is 0 Å². The maximum absolute atomic E-state index is 6.50. The number of anilines is 1. The van der Waals surface area contributed by atoms with Crippen molar-refractivity contribution in [3.8, 4) is 0 Å². The van der Waals surface area contributed by atoms with Crippen LogP contribution in [0.5, 0.6) is 0 Å². The summed E-state index contributed by atoms with van der Waals surface area (Å²) in [4.78, 5) is 13.9. The van der Waals surface area contributed by atoms with Gasteiger partial charge in [0.15, 0.2) is 0 Å². The zero-order valence-corrected chi connectivity index (χ0v) is 14.4. The second-order valence-corrected chi connectivity index (χ2v) is 6.64. The van der Waals surface area contributed by atoms with E-state index in [0.29, 0.717) is 5.15 Å². The van der Waals surface area contributed by atoms with Crippen molar-refractivity contribution in [1.29, 1.82) is 0 Å². The summed E-state index contributed by atoms with van der Waals surface area (Å²) in [6.45, 7) is 5.85. The lowest BCUT2D eigenvalue weighted by molar-refractivity contribution is 0.122. The van der Waals surface area contributed by atoms with Crippen LogP contribution in [0.15, 0.2) is 30.3 Å². The minimum atomic E-state index is 0.597. The lowest BCUT2D eigenvalue weighted by Gasteiger charge is -2.31. The van der Waals surface area contributed by atoms with Crippen LogP contribution in [0, 0.1) is 0 Å². The van der Waals surface area contributed by atoms with Crippen molar-refractivity contribution in [2.24, 2.45) is 0 Å². The molecule has 1 aromatic carbocycles. The van der Waals surface area contributed by atoms with Crippen molar-refractivity contribution < 1.29 is 4.74 Å². The fraction of sp³-hybridized carbons (Fsp3) is 0.444. The molecular weight excluding hydrogens is 324 g/mol. The molecule has 1 aromatic heterocycles. The third-order valence-electron chi connectivity index (χ3n) is 4.62. The number of halogens is 1. The van der Waals surface area contributed by atoms with Crippen molar-refractivity contribution in [2.45, 2.75) is 19.5 Å². The van der Waals surface area contributed by atoms with Crippen molar-refractivity contribution in [3.63, 3.8) is 0 Å². The zero-order valence-electron chi connectivity index (χ0n) is 13.6. The van der Waals surface area contributed by atoms with Crippen molar-refractivity contribution in [3.05, 3.63) is 52.3 Å². The first-order chi connectivity index (χ1) is 11.8. The molecule has 0 unspecified atom stereocenters. The molecule has 4 rings (SSSR count). The van der Waals surface area contributed by atoms with Gasteiger partial charge in [0, 0.05) is 44.7 Å². The van der Waals surface area contributed by atoms with Crippen LogP contribution in [-0.2, 0) is 24.2 Å². The van der Waals surface area contributed by atoms with Crippen LogP contribution < -0.4 is 4.90 Å². The third-order valence-corrected chi connectivity index (χ3v) is 4.93. The van der Waals surface area contributed by atoms with Crippen molar-refractivity contribution in [2.75, 3.05) is 37.7 Å². The normalized spacial score (nSPS) is 18.5. The third kappa shape index (κ3) is 3.38. The number of rotatable bonds is 3. The Morgan fingerprint density at radius 3 is 2.62 bits per heavy atom. The first-order valence-corrected chi connectivity index (χ1v) is 8.81. The van der Waals surface area contributed by atoms with Gasteiger partial charge in [-0.05, 0) is 5.56 Å². The molecule has 0 radical (unpaired) electrons. The lowest BCUT2D eigenvalue weighted by atomic mass is 10.1. The number of ether oxygens (including phenoxy) is 1. The number of hydrogen-bond acceptors (Lipinski definition) is 5. The van der Waals surface area contributed by atoms with Crippen LogP contribution in [0.2, 0.25) is 5.15 Å². The molecule has 6 heteroatoms. The molecule has 2 aliphatic heterocycles. The predicted molar refractivity (Wildman–Crippen MR) is 94.3 cm³/mol. The van der Waals surface area contributed by atoms with Crippen LogP contribution in [0.25, 0.3) is 0 Å². The largest absolute Gasteiger partial charge is 0.378 e. The molecule has 2 aromatic rings. The van der Waals surface area contributed by atoms with E-state index in [1.165, 1.54) is 5.56 Å². The fourth-order valence-electron chi connectivity index (χ4n) is 3.30. The molecule has 0 saturated carbocycles. The molecule has 0 atom stereocenters. The topological polar surface area (TPSA) is 41.5 Å². The van der Waals surface area contributed by atoms with E-state index < -0.39 is 0 Å². The van der Waals surface area contributed by atoms with Gasteiger partial charge < -0.3 is 9.64 Å². The van der Waals surface area contributed by atoms with Gasteiger partial charge in [0.25, 0.3) is 0 Å². The van der Waals surface area contributed by atoms with Gasteiger partial charge in [-0.3, -0.25) is 4.90 Å².